The first-order valence-corrected chi connectivity index (χ1v) is 18.8. The van der Waals surface area contributed by atoms with E-state index in [4.69, 9.17) is 4.42 Å². The van der Waals surface area contributed by atoms with Crippen LogP contribution in [0.2, 0.25) is 0 Å². The van der Waals surface area contributed by atoms with Gasteiger partial charge in [-0.25, -0.2) is 0 Å². The van der Waals surface area contributed by atoms with E-state index in [0.29, 0.717) is 0 Å². The van der Waals surface area contributed by atoms with Crippen LogP contribution in [-0.2, 0) is 0 Å². The molecule has 0 amide bonds. The molecular weight excluding hydrogens is 663 g/mol. The molecule has 2 nitrogen and oxygen atoms in total. The number of hydrogen-bond donors (Lipinski definition) is 0. The topological polar surface area (TPSA) is 16.4 Å². The Morgan fingerprint density at radius 2 is 0.943 bits per heavy atom. The molecule has 0 fully saturated rings. The van der Waals surface area contributed by atoms with Gasteiger partial charge in [0, 0.05) is 53.4 Å². The molecule has 0 aliphatic rings. The fourth-order valence-corrected chi connectivity index (χ4v) is 9.23. The standard InChI is InChI=1S/C50H31NOS/c1-2-9-32(10-3-1)33-17-22-37(23-18-33)51(38-24-19-36(20-25-38)41-16-8-13-34-11-4-6-14-40(34)41)39-26-28-45-47(31-39)53-46-30-29-44-43-27-21-35-12-5-7-15-42(35)49(43)52-50(44)48(45)46/h1-31H. The normalized spacial score (nSPS) is 11.8. The summed E-state index contributed by atoms with van der Waals surface area (Å²) in [6, 6.07) is 67.9. The van der Waals surface area contributed by atoms with Gasteiger partial charge in [0.05, 0.1) is 0 Å². The number of thiophene rings is 1. The molecule has 11 rings (SSSR count). The fourth-order valence-electron chi connectivity index (χ4n) is 8.10. The van der Waals surface area contributed by atoms with Gasteiger partial charge in [-0.05, 0) is 93.0 Å². The summed E-state index contributed by atoms with van der Waals surface area (Å²) in [5.74, 6) is 0. The zero-order chi connectivity index (χ0) is 34.9. The number of hydrogen-bond acceptors (Lipinski definition) is 3. The Labute approximate surface area is 310 Å². The van der Waals surface area contributed by atoms with E-state index in [1.807, 2.05) is 11.3 Å². The van der Waals surface area contributed by atoms with Crippen LogP contribution in [0.5, 0.6) is 0 Å². The minimum Gasteiger partial charge on any atom is -0.455 e. The maximum Gasteiger partial charge on any atom is 0.144 e. The molecular formula is C50H31NOS. The molecule has 9 aromatic carbocycles. The summed E-state index contributed by atoms with van der Waals surface area (Å²) in [7, 11) is 0. The molecule has 3 heteroatoms. The van der Waals surface area contributed by atoms with Crippen LogP contribution in [0.1, 0.15) is 0 Å². The highest BCUT2D eigenvalue weighted by molar-refractivity contribution is 7.26. The molecule has 0 radical (unpaired) electrons. The highest BCUT2D eigenvalue weighted by Crippen LogP contribution is 2.46. The maximum atomic E-state index is 6.78. The summed E-state index contributed by atoms with van der Waals surface area (Å²) in [5, 5.41) is 9.58. The van der Waals surface area contributed by atoms with Crippen molar-refractivity contribution in [1.82, 2.24) is 0 Å². The summed E-state index contributed by atoms with van der Waals surface area (Å²) in [6.45, 7) is 0. The summed E-state index contributed by atoms with van der Waals surface area (Å²) in [6.07, 6.45) is 0. The molecule has 0 N–H and O–H groups in total. The second kappa shape index (κ2) is 11.9. The molecule has 0 saturated carbocycles. The quantitative estimate of drug-likeness (QED) is 0.178. The van der Waals surface area contributed by atoms with Crippen molar-refractivity contribution < 1.29 is 4.42 Å². The third-order valence-corrected chi connectivity index (χ3v) is 11.8. The third-order valence-electron chi connectivity index (χ3n) is 10.7. The molecule has 0 aliphatic heterocycles. The van der Waals surface area contributed by atoms with Crippen LogP contribution >= 0.6 is 11.3 Å². The lowest BCUT2D eigenvalue weighted by molar-refractivity contribution is 0.677. The summed E-state index contributed by atoms with van der Waals surface area (Å²) in [5.41, 5.74) is 10.1. The van der Waals surface area contributed by atoms with Gasteiger partial charge in [-0.15, -0.1) is 11.3 Å². The Morgan fingerprint density at radius 1 is 0.358 bits per heavy atom. The second-order valence-electron chi connectivity index (χ2n) is 13.7. The minimum atomic E-state index is 0.957. The molecule has 0 spiro atoms. The molecule has 248 valence electrons. The van der Waals surface area contributed by atoms with Gasteiger partial charge in [-0.1, -0.05) is 133 Å². The summed E-state index contributed by atoms with van der Waals surface area (Å²) < 4.78 is 9.24. The van der Waals surface area contributed by atoms with E-state index in [1.54, 1.807) is 0 Å². The van der Waals surface area contributed by atoms with Crippen LogP contribution < -0.4 is 4.90 Å². The number of anilines is 3. The first-order valence-electron chi connectivity index (χ1n) is 18.0. The highest BCUT2D eigenvalue weighted by atomic mass is 32.1. The van der Waals surface area contributed by atoms with E-state index in [9.17, 15) is 0 Å². The predicted octanol–water partition coefficient (Wildman–Crippen LogP) is 15.1. The van der Waals surface area contributed by atoms with Crippen LogP contribution in [0.3, 0.4) is 0 Å². The van der Waals surface area contributed by atoms with Crippen molar-refractivity contribution in [3.05, 3.63) is 188 Å². The molecule has 0 aliphatic carbocycles. The largest absolute Gasteiger partial charge is 0.455 e. The zero-order valence-electron chi connectivity index (χ0n) is 28.7. The molecule has 11 aromatic rings. The van der Waals surface area contributed by atoms with Crippen LogP contribution in [0.15, 0.2) is 192 Å². The molecule has 53 heavy (non-hydrogen) atoms. The average molecular weight is 694 g/mol. The molecule has 0 atom stereocenters. The van der Waals surface area contributed by atoms with Gasteiger partial charge in [-0.3, -0.25) is 0 Å². The number of nitrogens with zero attached hydrogens (tertiary/aromatic N) is 1. The molecule has 2 heterocycles. The molecule has 0 saturated heterocycles. The van der Waals surface area contributed by atoms with Crippen molar-refractivity contribution in [3.8, 4) is 22.3 Å². The Bertz CT molecular complexity index is 3150. The van der Waals surface area contributed by atoms with Gasteiger partial charge in [-0.2, -0.15) is 0 Å². The maximum absolute atomic E-state index is 6.78. The van der Waals surface area contributed by atoms with E-state index in [-0.39, 0.29) is 0 Å². The van der Waals surface area contributed by atoms with Crippen molar-refractivity contribution >= 4 is 92.1 Å². The minimum absolute atomic E-state index is 0.957. The predicted molar refractivity (Wildman–Crippen MR) is 227 cm³/mol. The fraction of sp³-hybridized carbons (Fsp3) is 0. The van der Waals surface area contributed by atoms with E-state index >= 15 is 0 Å². The van der Waals surface area contributed by atoms with E-state index in [1.165, 1.54) is 58.6 Å². The van der Waals surface area contributed by atoms with E-state index < -0.39 is 0 Å². The van der Waals surface area contributed by atoms with Gasteiger partial charge in [0.2, 0.25) is 0 Å². The average Bonchev–Trinajstić information content (AvgIpc) is 3.80. The van der Waals surface area contributed by atoms with Gasteiger partial charge in [0.1, 0.15) is 11.2 Å². The van der Waals surface area contributed by atoms with Crippen molar-refractivity contribution in [2.24, 2.45) is 0 Å². The summed E-state index contributed by atoms with van der Waals surface area (Å²) in [4.78, 5) is 2.37. The van der Waals surface area contributed by atoms with Crippen LogP contribution in [0.25, 0.3) is 85.9 Å². The van der Waals surface area contributed by atoms with E-state index in [2.05, 4.69) is 193 Å². The highest BCUT2D eigenvalue weighted by Gasteiger charge is 2.19. The first-order chi connectivity index (χ1) is 26.3. The monoisotopic (exact) mass is 693 g/mol. The van der Waals surface area contributed by atoms with Crippen molar-refractivity contribution in [2.45, 2.75) is 0 Å². The van der Waals surface area contributed by atoms with Crippen molar-refractivity contribution in [2.75, 3.05) is 4.90 Å². The van der Waals surface area contributed by atoms with Crippen LogP contribution in [-0.4, -0.2) is 0 Å². The number of fused-ring (bicyclic) bond motifs is 10. The Hall–Kier alpha value is -6.68. The van der Waals surface area contributed by atoms with E-state index in [0.717, 1.165) is 44.4 Å². The number of furan rings is 1. The lowest BCUT2D eigenvalue weighted by Gasteiger charge is -2.26. The van der Waals surface area contributed by atoms with Gasteiger partial charge < -0.3 is 9.32 Å². The Morgan fingerprint density at radius 3 is 1.74 bits per heavy atom. The van der Waals surface area contributed by atoms with Crippen molar-refractivity contribution in [3.63, 3.8) is 0 Å². The van der Waals surface area contributed by atoms with Gasteiger partial charge >= 0.3 is 0 Å². The second-order valence-corrected chi connectivity index (χ2v) is 14.8. The van der Waals surface area contributed by atoms with Crippen LogP contribution in [0, 0.1) is 0 Å². The van der Waals surface area contributed by atoms with Crippen LogP contribution in [0.4, 0.5) is 17.1 Å². The van der Waals surface area contributed by atoms with Gasteiger partial charge in [0.25, 0.3) is 0 Å². The van der Waals surface area contributed by atoms with Gasteiger partial charge in [0.15, 0.2) is 0 Å². The lowest BCUT2D eigenvalue weighted by atomic mass is 9.98. The molecule has 0 unspecified atom stereocenters. The third kappa shape index (κ3) is 4.86. The van der Waals surface area contributed by atoms with Crippen molar-refractivity contribution in [1.29, 1.82) is 0 Å². The first kappa shape index (κ1) is 30.0. The molecule has 2 aromatic heterocycles. The zero-order valence-corrected chi connectivity index (χ0v) is 29.5. The Balaban J connectivity index is 1.06. The number of rotatable bonds is 5. The SMILES string of the molecule is c1ccc(-c2ccc(N(c3ccc(-c4cccc5ccccc45)cc3)c3ccc4c(c3)sc3ccc5c6ccc7ccccc7c6oc5c34)cc2)cc1. The Kier molecular flexibility index (Phi) is 6.76. The molecule has 0 bridgehead atoms. The lowest BCUT2D eigenvalue weighted by Crippen LogP contribution is -2.09. The number of benzene rings is 9. The smallest absolute Gasteiger partial charge is 0.144 e. The summed E-state index contributed by atoms with van der Waals surface area (Å²) >= 11 is 1.83.